The number of ketones is 1. The predicted octanol–water partition coefficient (Wildman–Crippen LogP) is 4.35. The molecule has 2 aromatic carbocycles. The highest BCUT2D eigenvalue weighted by Crippen LogP contribution is 2.24. The number of Topliss-reactive ketones (excluding diaryl/α,β-unsaturated/α-hetero) is 1. The summed E-state index contributed by atoms with van der Waals surface area (Å²) < 4.78 is 20.2. The molecule has 3 aromatic rings. The van der Waals surface area contributed by atoms with Crippen molar-refractivity contribution >= 4 is 17.6 Å². The molecule has 2 aliphatic heterocycles. The second-order valence-electron chi connectivity index (χ2n) is 11.5. The molecule has 44 heavy (non-hydrogen) atoms. The van der Waals surface area contributed by atoms with Crippen LogP contribution in [0.4, 0.5) is 4.39 Å². The number of piperidine rings is 2. The third-order valence-corrected chi connectivity index (χ3v) is 8.53. The number of nitrogens with zero attached hydrogens (tertiary/aromatic N) is 4. The molecule has 5 rings (SSSR count). The number of hydrogen-bond acceptors (Lipinski definition) is 7. The highest BCUT2D eigenvalue weighted by Gasteiger charge is 2.31. The van der Waals surface area contributed by atoms with Crippen LogP contribution in [0.2, 0.25) is 0 Å². The van der Waals surface area contributed by atoms with Crippen molar-refractivity contribution in [1.82, 2.24) is 20.1 Å². The van der Waals surface area contributed by atoms with E-state index in [9.17, 15) is 14.4 Å². The van der Waals surface area contributed by atoms with Crippen molar-refractivity contribution in [2.24, 2.45) is 5.92 Å². The maximum absolute atomic E-state index is 15.1. The van der Waals surface area contributed by atoms with Gasteiger partial charge >= 0.3 is 0 Å². The minimum absolute atomic E-state index is 0.0656. The Morgan fingerprint density at radius 3 is 2.36 bits per heavy atom. The summed E-state index contributed by atoms with van der Waals surface area (Å²) in [5.74, 6) is -0.0786. The summed E-state index contributed by atoms with van der Waals surface area (Å²) in [5, 5.41) is 11.9. The second-order valence-corrected chi connectivity index (χ2v) is 11.5. The molecule has 0 bridgehead atoms. The number of alkyl halides is 1. The maximum atomic E-state index is 15.1. The van der Waals surface area contributed by atoms with Crippen molar-refractivity contribution in [3.05, 3.63) is 94.3 Å². The molecule has 2 fully saturated rings. The van der Waals surface area contributed by atoms with Crippen molar-refractivity contribution in [3.63, 3.8) is 0 Å². The van der Waals surface area contributed by atoms with E-state index < -0.39 is 18.1 Å². The van der Waals surface area contributed by atoms with E-state index >= 15 is 4.39 Å². The van der Waals surface area contributed by atoms with Gasteiger partial charge in [0.25, 0.3) is 11.8 Å². The van der Waals surface area contributed by atoms with Gasteiger partial charge in [-0.05, 0) is 79.8 Å². The van der Waals surface area contributed by atoms with E-state index in [4.69, 9.17) is 10.00 Å². The zero-order valence-electron chi connectivity index (χ0n) is 25.0. The second kappa shape index (κ2) is 13.8. The summed E-state index contributed by atoms with van der Waals surface area (Å²) in [6.07, 6.45) is 1.70. The quantitative estimate of drug-likeness (QED) is 0.384. The number of pyridine rings is 1. The number of likely N-dealkylation sites (tertiary alicyclic amines) is 2. The SMILES string of the molecule is COc1ccc(C(=O)C2CCN(C(=O)c3ccc(C(=O)N[C@@H]4CCN(Cc5ccc(C#N)c(C)c5)C[C@H]4F)cn3)CC2)cc1. The molecule has 0 spiro atoms. The first-order chi connectivity index (χ1) is 21.2. The monoisotopic (exact) mass is 597 g/mol. The molecule has 10 heteroatoms. The fourth-order valence-corrected chi connectivity index (χ4v) is 5.89. The van der Waals surface area contributed by atoms with Crippen LogP contribution in [0.5, 0.6) is 5.75 Å². The van der Waals surface area contributed by atoms with Gasteiger partial charge in [0.1, 0.15) is 17.6 Å². The standard InChI is InChI=1S/C34H36FN5O4/c1-22-17-23(3-4-26(22)18-36)20-39-14-13-30(29(35)21-39)38-33(42)27-7-10-31(37-19-27)34(43)40-15-11-25(12-16-40)32(41)24-5-8-28(44-2)9-6-24/h3-10,17,19,25,29-30H,11-16,20-21H2,1-2H3,(H,38,42)/t29-,30-/m1/s1. The minimum Gasteiger partial charge on any atom is -0.497 e. The van der Waals surface area contributed by atoms with E-state index in [0.717, 1.165) is 11.1 Å². The van der Waals surface area contributed by atoms with Crippen LogP contribution in [-0.2, 0) is 6.54 Å². The number of amides is 2. The number of aryl methyl sites for hydroxylation is 1. The summed E-state index contributed by atoms with van der Waals surface area (Å²) in [5.41, 5.74) is 3.65. The smallest absolute Gasteiger partial charge is 0.272 e. The van der Waals surface area contributed by atoms with Gasteiger partial charge in [0.2, 0.25) is 0 Å². The topological polar surface area (TPSA) is 116 Å². The molecule has 9 nitrogen and oxygen atoms in total. The summed E-state index contributed by atoms with van der Waals surface area (Å²) in [6, 6.07) is 17.3. The van der Waals surface area contributed by atoms with Crippen LogP contribution in [0.3, 0.4) is 0 Å². The number of carbonyl (C=O) groups excluding carboxylic acids is 3. The van der Waals surface area contributed by atoms with Gasteiger partial charge in [-0.2, -0.15) is 5.26 Å². The summed E-state index contributed by atoms with van der Waals surface area (Å²) in [6.45, 7) is 4.16. The summed E-state index contributed by atoms with van der Waals surface area (Å²) >= 11 is 0. The van der Waals surface area contributed by atoms with E-state index in [1.807, 2.05) is 24.0 Å². The van der Waals surface area contributed by atoms with Crippen molar-refractivity contribution in [3.8, 4) is 11.8 Å². The number of halogens is 1. The van der Waals surface area contributed by atoms with Gasteiger partial charge in [-0.15, -0.1) is 0 Å². The van der Waals surface area contributed by atoms with Crippen LogP contribution in [0.15, 0.2) is 60.8 Å². The highest BCUT2D eigenvalue weighted by atomic mass is 19.1. The lowest BCUT2D eigenvalue weighted by Gasteiger charge is -2.35. The number of benzene rings is 2. The van der Waals surface area contributed by atoms with Crippen LogP contribution < -0.4 is 10.1 Å². The average Bonchev–Trinajstić information content (AvgIpc) is 3.05. The van der Waals surface area contributed by atoms with Crippen molar-refractivity contribution in [1.29, 1.82) is 5.26 Å². The van der Waals surface area contributed by atoms with Gasteiger partial charge in [-0.1, -0.05) is 12.1 Å². The average molecular weight is 598 g/mol. The van der Waals surface area contributed by atoms with E-state index in [1.165, 1.54) is 18.3 Å². The zero-order chi connectivity index (χ0) is 31.2. The van der Waals surface area contributed by atoms with E-state index in [0.29, 0.717) is 62.3 Å². The van der Waals surface area contributed by atoms with Crippen LogP contribution >= 0.6 is 0 Å². The van der Waals surface area contributed by atoms with E-state index in [-0.39, 0.29) is 35.4 Å². The van der Waals surface area contributed by atoms with Gasteiger partial charge in [0.15, 0.2) is 5.78 Å². The number of nitrogens with one attached hydrogen (secondary N) is 1. The molecule has 2 amide bonds. The largest absolute Gasteiger partial charge is 0.497 e. The molecule has 3 heterocycles. The van der Waals surface area contributed by atoms with E-state index in [1.54, 1.807) is 42.3 Å². The number of methoxy groups -OCH3 is 1. The number of nitriles is 1. The molecule has 2 atom stereocenters. The summed E-state index contributed by atoms with van der Waals surface area (Å²) in [7, 11) is 1.58. The third-order valence-electron chi connectivity index (χ3n) is 8.53. The Labute approximate surface area is 256 Å². The van der Waals surface area contributed by atoms with Crippen LogP contribution in [-0.4, -0.2) is 77.9 Å². The number of aromatic nitrogens is 1. The maximum Gasteiger partial charge on any atom is 0.272 e. The lowest BCUT2D eigenvalue weighted by atomic mass is 9.88. The first-order valence-corrected chi connectivity index (χ1v) is 14.9. The molecule has 1 N–H and O–H groups in total. The molecule has 0 radical (unpaired) electrons. The van der Waals surface area contributed by atoms with Crippen molar-refractivity contribution < 1.29 is 23.5 Å². The number of rotatable bonds is 8. The number of hydrogen-bond donors (Lipinski definition) is 1. The minimum atomic E-state index is -1.24. The molecular formula is C34H36FN5O4. The Hall–Kier alpha value is -4.62. The number of ether oxygens (including phenoxy) is 1. The van der Waals surface area contributed by atoms with Crippen molar-refractivity contribution in [2.45, 2.75) is 44.9 Å². The molecule has 2 saturated heterocycles. The Morgan fingerprint density at radius 1 is 1.02 bits per heavy atom. The Bertz CT molecular complexity index is 1550. The molecule has 0 aliphatic carbocycles. The lowest BCUT2D eigenvalue weighted by Crippen LogP contribution is -2.52. The molecule has 0 unspecified atom stereocenters. The molecule has 2 aliphatic rings. The predicted molar refractivity (Wildman–Crippen MR) is 162 cm³/mol. The lowest BCUT2D eigenvalue weighted by molar-refractivity contribution is 0.0645. The summed E-state index contributed by atoms with van der Waals surface area (Å²) in [4.78, 5) is 46.8. The van der Waals surface area contributed by atoms with E-state index in [2.05, 4.69) is 16.4 Å². The van der Waals surface area contributed by atoms with Crippen LogP contribution in [0, 0.1) is 24.2 Å². The fourth-order valence-electron chi connectivity index (χ4n) is 5.89. The van der Waals surface area contributed by atoms with Gasteiger partial charge in [0, 0.05) is 50.4 Å². The fraction of sp³-hybridized carbons (Fsp3) is 0.382. The normalized spacial score (nSPS) is 19.2. The van der Waals surface area contributed by atoms with Gasteiger partial charge in [0.05, 0.1) is 30.3 Å². The van der Waals surface area contributed by atoms with Gasteiger partial charge in [-0.3, -0.25) is 24.3 Å². The number of carbonyl (C=O) groups is 3. The molecule has 228 valence electrons. The molecule has 0 saturated carbocycles. The van der Waals surface area contributed by atoms with Gasteiger partial charge in [-0.25, -0.2) is 4.39 Å². The molecule has 1 aromatic heterocycles. The first kappa shape index (κ1) is 30.8. The Kier molecular flexibility index (Phi) is 9.65. The Balaban J connectivity index is 1.09. The zero-order valence-corrected chi connectivity index (χ0v) is 25.0. The first-order valence-electron chi connectivity index (χ1n) is 14.9. The van der Waals surface area contributed by atoms with Crippen LogP contribution in [0.25, 0.3) is 0 Å². The molecular weight excluding hydrogens is 561 g/mol. The van der Waals surface area contributed by atoms with Crippen molar-refractivity contribution in [2.75, 3.05) is 33.3 Å². The van der Waals surface area contributed by atoms with Gasteiger partial charge < -0.3 is 15.0 Å². The highest BCUT2D eigenvalue weighted by molar-refractivity contribution is 5.99. The van der Waals surface area contributed by atoms with Crippen LogP contribution in [0.1, 0.15) is 67.2 Å². The Morgan fingerprint density at radius 2 is 1.75 bits per heavy atom. The third kappa shape index (κ3) is 7.12.